The van der Waals surface area contributed by atoms with Gasteiger partial charge < -0.3 is 11.1 Å². The molecule has 0 bridgehead atoms. The van der Waals surface area contributed by atoms with Crippen LogP contribution in [0.2, 0.25) is 0 Å². The van der Waals surface area contributed by atoms with Crippen LogP contribution in [0.15, 0.2) is 41.5 Å². The fraction of sp³-hybridized carbons (Fsp3) is 0.368. The first-order chi connectivity index (χ1) is 10.8. The average molecular weight is 310 g/mol. The van der Waals surface area contributed by atoms with Crippen molar-refractivity contribution in [3.63, 3.8) is 0 Å². The van der Waals surface area contributed by atoms with Crippen molar-refractivity contribution < 1.29 is 0 Å². The zero-order chi connectivity index (χ0) is 17.0. The van der Waals surface area contributed by atoms with Crippen LogP contribution in [0.4, 0.5) is 5.69 Å². The van der Waals surface area contributed by atoms with Crippen LogP contribution < -0.4 is 11.1 Å². The molecule has 0 atom stereocenters. The summed E-state index contributed by atoms with van der Waals surface area (Å²) in [5.74, 6) is 0.427. The number of nitrogens with zero attached hydrogens (tertiary/aromatic N) is 2. The summed E-state index contributed by atoms with van der Waals surface area (Å²) in [6.45, 7) is 11.1. The summed E-state index contributed by atoms with van der Waals surface area (Å²) in [5.41, 5.74) is 11.5. The Kier molecular flexibility index (Phi) is 5.04. The second-order valence-corrected chi connectivity index (χ2v) is 6.76. The second-order valence-electron chi connectivity index (χ2n) is 6.76. The van der Waals surface area contributed by atoms with Gasteiger partial charge in [-0.25, -0.2) is 0 Å². The summed E-state index contributed by atoms with van der Waals surface area (Å²) in [5, 5.41) is 3.17. The van der Waals surface area contributed by atoms with E-state index in [9.17, 15) is 0 Å². The van der Waals surface area contributed by atoms with Gasteiger partial charge in [-0.3, -0.25) is 9.98 Å². The Morgan fingerprint density at radius 3 is 2.43 bits per heavy atom. The molecule has 1 aromatic heterocycles. The molecule has 0 aliphatic heterocycles. The highest BCUT2D eigenvalue weighted by Crippen LogP contribution is 2.24. The lowest BCUT2D eigenvalue weighted by Gasteiger charge is -2.23. The molecule has 2 aromatic rings. The van der Waals surface area contributed by atoms with Crippen molar-refractivity contribution in [1.82, 2.24) is 4.98 Å². The average Bonchev–Trinajstić information content (AvgIpc) is 2.44. The van der Waals surface area contributed by atoms with Crippen LogP contribution >= 0.6 is 0 Å². The maximum atomic E-state index is 6.05. The number of hydrogen-bond donors (Lipinski definition) is 2. The molecule has 4 nitrogen and oxygen atoms in total. The number of rotatable bonds is 4. The molecular formula is C19H26N4. The number of hydrogen-bond acceptors (Lipinski definition) is 2. The summed E-state index contributed by atoms with van der Waals surface area (Å²) in [6.07, 6.45) is 1.82. The van der Waals surface area contributed by atoms with Gasteiger partial charge in [0.05, 0.1) is 12.2 Å². The maximum Gasteiger partial charge on any atom is 0.193 e. The van der Waals surface area contributed by atoms with Crippen LogP contribution in [0, 0.1) is 20.8 Å². The summed E-state index contributed by atoms with van der Waals surface area (Å²) in [4.78, 5) is 9.02. The summed E-state index contributed by atoms with van der Waals surface area (Å²) >= 11 is 0. The number of guanidine groups is 1. The van der Waals surface area contributed by atoms with E-state index in [-0.39, 0.29) is 5.41 Å². The molecule has 0 saturated carbocycles. The van der Waals surface area contributed by atoms with Gasteiger partial charge in [-0.1, -0.05) is 26.0 Å². The number of pyridine rings is 1. The van der Waals surface area contributed by atoms with Gasteiger partial charge in [0, 0.05) is 17.3 Å². The van der Waals surface area contributed by atoms with Crippen LogP contribution in [0.25, 0.3) is 0 Å². The number of aliphatic imine (C=N–C) groups is 1. The third-order valence-electron chi connectivity index (χ3n) is 3.79. The smallest absolute Gasteiger partial charge is 0.193 e. The minimum atomic E-state index is -0.167. The highest BCUT2D eigenvalue weighted by molar-refractivity contribution is 5.92. The first kappa shape index (κ1) is 17.0. The van der Waals surface area contributed by atoms with E-state index < -0.39 is 0 Å². The molecule has 0 radical (unpaired) electrons. The van der Waals surface area contributed by atoms with Crippen molar-refractivity contribution in [2.45, 2.75) is 40.0 Å². The topological polar surface area (TPSA) is 63.3 Å². The van der Waals surface area contributed by atoms with Crippen molar-refractivity contribution in [2.24, 2.45) is 10.7 Å². The minimum Gasteiger partial charge on any atom is -0.370 e. The van der Waals surface area contributed by atoms with Gasteiger partial charge in [0.1, 0.15) is 0 Å². The Bertz CT molecular complexity index is 697. The first-order valence-corrected chi connectivity index (χ1v) is 7.85. The Morgan fingerprint density at radius 2 is 1.83 bits per heavy atom. The molecule has 0 amide bonds. The number of benzene rings is 1. The van der Waals surface area contributed by atoms with E-state index in [1.54, 1.807) is 0 Å². The van der Waals surface area contributed by atoms with E-state index in [0.717, 1.165) is 11.4 Å². The van der Waals surface area contributed by atoms with Crippen LogP contribution in [0.1, 0.15) is 36.2 Å². The molecule has 2 rings (SSSR count). The maximum absolute atomic E-state index is 6.05. The molecule has 0 saturated heterocycles. The molecule has 0 spiro atoms. The Morgan fingerprint density at radius 1 is 1.17 bits per heavy atom. The van der Waals surface area contributed by atoms with Gasteiger partial charge >= 0.3 is 0 Å². The largest absolute Gasteiger partial charge is 0.370 e. The van der Waals surface area contributed by atoms with Gasteiger partial charge in [0.2, 0.25) is 0 Å². The van der Waals surface area contributed by atoms with Crippen LogP contribution in [0.3, 0.4) is 0 Å². The van der Waals surface area contributed by atoms with E-state index in [0.29, 0.717) is 12.5 Å². The highest BCUT2D eigenvalue weighted by Gasteiger charge is 2.23. The summed E-state index contributed by atoms with van der Waals surface area (Å²) < 4.78 is 0. The molecule has 23 heavy (non-hydrogen) atoms. The SMILES string of the molecule is Cc1cc(C)cc(NC(N)=NCC(C)(C)c2ncccc2C)c1. The van der Waals surface area contributed by atoms with E-state index in [2.05, 4.69) is 74.2 Å². The molecule has 0 fully saturated rings. The third-order valence-corrected chi connectivity index (χ3v) is 3.79. The number of nitrogens with one attached hydrogen (secondary N) is 1. The molecule has 1 aromatic carbocycles. The van der Waals surface area contributed by atoms with Crippen LogP contribution in [0.5, 0.6) is 0 Å². The molecule has 4 heteroatoms. The van der Waals surface area contributed by atoms with Crippen molar-refractivity contribution in [3.8, 4) is 0 Å². The predicted molar refractivity (Wildman–Crippen MR) is 98.0 cm³/mol. The molecule has 122 valence electrons. The van der Waals surface area contributed by atoms with Crippen molar-refractivity contribution in [3.05, 3.63) is 58.9 Å². The normalized spacial score (nSPS) is 12.3. The fourth-order valence-electron chi connectivity index (χ4n) is 2.79. The Labute approximate surface area is 138 Å². The van der Waals surface area contributed by atoms with E-state index >= 15 is 0 Å². The van der Waals surface area contributed by atoms with E-state index in [4.69, 9.17) is 5.73 Å². The van der Waals surface area contributed by atoms with Gasteiger partial charge in [0.15, 0.2) is 5.96 Å². The van der Waals surface area contributed by atoms with Crippen LogP contribution in [-0.4, -0.2) is 17.5 Å². The lowest BCUT2D eigenvalue weighted by molar-refractivity contribution is 0.519. The number of aryl methyl sites for hydroxylation is 3. The molecule has 0 unspecified atom stereocenters. The van der Waals surface area contributed by atoms with Gasteiger partial charge in [-0.2, -0.15) is 0 Å². The van der Waals surface area contributed by atoms with Gasteiger partial charge in [0.25, 0.3) is 0 Å². The molecule has 0 aliphatic carbocycles. The molecular weight excluding hydrogens is 284 g/mol. The van der Waals surface area contributed by atoms with Gasteiger partial charge in [-0.05, 0) is 55.7 Å². The zero-order valence-corrected chi connectivity index (χ0v) is 14.6. The Hall–Kier alpha value is -2.36. The minimum absolute atomic E-state index is 0.167. The monoisotopic (exact) mass is 310 g/mol. The van der Waals surface area contributed by atoms with Crippen LogP contribution in [-0.2, 0) is 5.41 Å². The quantitative estimate of drug-likeness (QED) is 0.668. The fourth-order valence-corrected chi connectivity index (χ4v) is 2.79. The summed E-state index contributed by atoms with van der Waals surface area (Å²) in [6, 6.07) is 10.3. The van der Waals surface area contributed by atoms with Crippen molar-refractivity contribution >= 4 is 11.6 Å². The lowest BCUT2D eigenvalue weighted by Crippen LogP contribution is -2.29. The van der Waals surface area contributed by atoms with Gasteiger partial charge in [-0.15, -0.1) is 0 Å². The zero-order valence-electron chi connectivity index (χ0n) is 14.6. The van der Waals surface area contributed by atoms with Crippen molar-refractivity contribution in [2.75, 3.05) is 11.9 Å². The second kappa shape index (κ2) is 6.82. The molecule has 1 heterocycles. The Balaban J connectivity index is 2.11. The first-order valence-electron chi connectivity index (χ1n) is 7.85. The van der Waals surface area contributed by atoms with Crippen molar-refractivity contribution in [1.29, 1.82) is 0 Å². The summed E-state index contributed by atoms with van der Waals surface area (Å²) in [7, 11) is 0. The molecule has 3 N–H and O–H groups in total. The van der Waals surface area contributed by atoms with E-state index in [1.807, 2.05) is 12.3 Å². The molecule has 0 aliphatic rings. The number of nitrogens with two attached hydrogens (primary N) is 1. The third kappa shape index (κ3) is 4.55. The highest BCUT2D eigenvalue weighted by atomic mass is 15.1. The number of anilines is 1. The number of aromatic nitrogens is 1. The lowest BCUT2D eigenvalue weighted by atomic mass is 9.86. The standard InChI is InChI=1S/C19H26N4/c1-13-9-14(2)11-16(10-13)23-18(20)22-12-19(4,5)17-15(3)7-6-8-21-17/h6-11H,12H2,1-5H3,(H3,20,22,23). The predicted octanol–water partition coefficient (Wildman–Crippen LogP) is 3.71. The van der Waals surface area contributed by atoms with E-state index in [1.165, 1.54) is 16.7 Å².